The molecule has 2 rings (SSSR count). The van der Waals surface area contributed by atoms with Crippen LogP contribution in [-0.2, 0) is 0 Å². The third-order valence-corrected chi connectivity index (χ3v) is 2.60. The van der Waals surface area contributed by atoms with Crippen molar-refractivity contribution in [3.05, 3.63) is 47.5 Å². The molecule has 2 aromatic rings. The van der Waals surface area contributed by atoms with E-state index in [-0.39, 0.29) is 6.04 Å². The van der Waals surface area contributed by atoms with Crippen molar-refractivity contribution in [3.63, 3.8) is 0 Å². The molecule has 0 saturated carbocycles. The molecule has 0 aromatic carbocycles. The van der Waals surface area contributed by atoms with Gasteiger partial charge in [0.25, 0.3) is 0 Å². The van der Waals surface area contributed by atoms with E-state index in [1.165, 1.54) is 6.20 Å². The highest BCUT2D eigenvalue weighted by molar-refractivity contribution is 5.92. The van der Waals surface area contributed by atoms with Gasteiger partial charge in [-0.25, -0.2) is 4.98 Å². The number of nitrogens with zero attached hydrogens (tertiary/aromatic N) is 1. The summed E-state index contributed by atoms with van der Waals surface area (Å²) < 4.78 is 5.52. The van der Waals surface area contributed by atoms with Gasteiger partial charge in [0.1, 0.15) is 17.3 Å². The predicted molar refractivity (Wildman–Crippen MR) is 68.2 cm³/mol. The molecule has 0 aliphatic heterocycles. The van der Waals surface area contributed by atoms with Gasteiger partial charge in [-0.1, -0.05) is 0 Å². The number of carbonyl (C=O) groups is 1. The lowest BCUT2D eigenvalue weighted by atomic mass is 10.2. The smallest absolute Gasteiger partial charge is 0.250 e. The summed E-state index contributed by atoms with van der Waals surface area (Å²) in [6.45, 7) is 3.87. The molecule has 3 N–H and O–H groups in total. The number of aromatic nitrogens is 1. The molecule has 2 aromatic heterocycles. The van der Waals surface area contributed by atoms with Crippen LogP contribution in [0.15, 0.2) is 34.9 Å². The first-order valence-electron chi connectivity index (χ1n) is 5.65. The fourth-order valence-corrected chi connectivity index (χ4v) is 1.60. The number of primary amides is 1. The van der Waals surface area contributed by atoms with Gasteiger partial charge in [-0.2, -0.15) is 0 Å². The maximum atomic E-state index is 10.9. The number of hydrogen-bond acceptors (Lipinski definition) is 4. The first-order chi connectivity index (χ1) is 8.56. The van der Waals surface area contributed by atoms with E-state index < -0.39 is 5.91 Å². The number of carbonyl (C=O) groups excluding carboxylic acids is 1. The first kappa shape index (κ1) is 12.2. The normalized spacial score (nSPS) is 12.1. The van der Waals surface area contributed by atoms with Crippen molar-refractivity contribution in [2.75, 3.05) is 5.32 Å². The highest BCUT2D eigenvalue weighted by atomic mass is 16.3. The second-order valence-electron chi connectivity index (χ2n) is 4.11. The SMILES string of the molecule is Cc1ccc(C(C)Nc2ccc(C(N)=O)cn2)o1. The first-order valence-corrected chi connectivity index (χ1v) is 5.65. The molecule has 0 spiro atoms. The van der Waals surface area contributed by atoms with Gasteiger partial charge in [0, 0.05) is 6.20 Å². The molecule has 0 aliphatic rings. The van der Waals surface area contributed by atoms with E-state index in [2.05, 4.69) is 10.3 Å². The van der Waals surface area contributed by atoms with Crippen molar-refractivity contribution < 1.29 is 9.21 Å². The molecule has 5 nitrogen and oxygen atoms in total. The Bertz CT molecular complexity index is 546. The summed E-state index contributed by atoms with van der Waals surface area (Å²) in [7, 11) is 0. The molecule has 1 unspecified atom stereocenters. The third kappa shape index (κ3) is 2.68. The number of aryl methyl sites for hydroxylation is 1. The Morgan fingerprint density at radius 1 is 1.39 bits per heavy atom. The second kappa shape index (κ2) is 4.91. The van der Waals surface area contributed by atoms with Gasteiger partial charge in [0.05, 0.1) is 11.6 Å². The maximum Gasteiger partial charge on any atom is 0.250 e. The van der Waals surface area contributed by atoms with Crippen LogP contribution >= 0.6 is 0 Å². The van der Waals surface area contributed by atoms with Gasteiger partial charge in [0.2, 0.25) is 5.91 Å². The molecule has 0 bridgehead atoms. The van der Waals surface area contributed by atoms with E-state index in [0.29, 0.717) is 11.4 Å². The van der Waals surface area contributed by atoms with Gasteiger partial charge in [-0.3, -0.25) is 4.79 Å². The summed E-state index contributed by atoms with van der Waals surface area (Å²) in [4.78, 5) is 15.0. The molecule has 1 amide bonds. The molecule has 1 atom stereocenters. The molecule has 2 heterocycles. The van der Waals surface area contributed by atoms with Gasteiger partial charge in [0.15, 0.2) is 0 Å². The third-order valence-electron chi connectivity index (χ3n) is 2.60. The summed E-state index contributed by atoms with van der Waals surface area (Å²) >= 11 is 0. The minimum atomic E-state index is -0.483. The predicted octanol–water partition coefficient (Wildman–Crippen LogP) is 2.26. The van der Waals surface area contributed by atoms with Crippen molar-refractivity contribution in [1.29, 1.82) is 0 Å². The molecular formula is C13H15N3O2. The highest BCUT2D eigenvalue weighted by Gasteiger charge is 2.10. The Labute approximate surface area is 105 Å². The molecule has 0 aliphatic carbocycles. The standard InChI is InChI=1S/C13H15N3O2/c1-8-3-5-11(18-8)9(2)16-12-6-4-10(7-15-12)13(14)17/h3-7,9H,1-2H3,(H2,14,17)(H,15,16). The van der Waals surface area contributed by atoms with Crippen LogP contribution in [-0.4, -0.2) is 10.9 Å². The number of anilines is 1. The zero-order chi connectivity index (χ0) is 13.1. The fraction of sp³-hybridized carbons (Fsp3) is 0.231. The lowest BCUT2D eigenvalue weighted by Crippen LogP contribution is -2.12. The minimum Gasteiger partial charge on any atom is -0.464 e. The summed E-state index contributed by atoms with van der Waals surface area (Å²) in [5.74, 6) is 1.90. The van der Waals surface area contributed by atoms with Crippen LogP contribution in [0, 0.1) is 6.92 Å². The zero-order valence-electron chi connectivity index (χ0n) is 10.3. The van der Waals surface area contributed by atoms with Gasteiger partial charge in [-0.15, -0.1) is 0 Å². The molecule has 0 saturated heterocycles. The van der Waals surface area contributed by atoms with Crippen LogP contribution in [0.3, 0.4) is 0 Å². The number of amides is 1. The Morgan fingerprint density at radius 3 is 2.67 bits per heavy atom. The number of nitrogens with one attached hydrogen (secondary N) is 1. The van der Waals surface area contributed by atoms with Crippen molar-refractivity contribution in [3.8, 4) is 0 Å². The minimum absolute atomic E-state index is 0.00521. The molecule has 94 valence electrons. The van der Waals surface area contributed by atoms with Crippen LogP contribution < -0.4 is 11.1 Å². The lowest BCUT2D eigenvalue weighted by molar-refractivity contribution is 0.1000. The maximum absolute atomic E-state index is 10.9. The van der Waals surface area contributed by atoms with Crippen LogP contribution in [0.25, 0.3) is 0 Å². The number of pyridine rings is 1. The van der Waals surface area contributed by atoms with Gasteiger partial charge < -0.3 is 15.5 Å². The van der Waals surface area contributed by atoms with Gasteiger partial charge >= 0.3 is 0 Å². The summed E-state index contributed by atoms with van der Waals surface area (Å²) in [6, 6.07) is 7.19. The Morgan fingerprint density at radius 2 is 2.17 bits per heavy atom. The number of hydrogen-bond donors (Lipinski definition) is 2. The molecular weight excluding hydrogens is 230 g/mol. The monoisotopic (exact) mass is 245 g/mol. The zero-order valence-corrected chi connectivity index (χ0v) is 10.3. The molecule has 5 heteroatoms. The van der Waals surface area contributed by atoms with E-state index in [4.69, 9.17) is 10.2 Å². The number of rotatable bonds is 4. The Hall–Kier alpha value is -2.30. The topological polar surface area (TPSA) is 81.1 Å². The molecule has 18 heavy (non-hydrogen) atoms. The largest absolute Gasteiger partial charge is 0.464 e. The summed E-state index contributed by atoms with van der Waals surface area (Å²) in [6.07, 6.45) is 1.45. The fourth-order valence-electron chi connectivity index (χ4n) is 1.60. The number of furan rings is 1. The van der Waals surface area contributed by atoms with E-state index in [1.54, 1.807) is 12.1 Å². The van der Waals surface area contributed by atoms with E-state index >= 15 is 0 Å². The van der Waals surface area contributed by atoms with E-state index in [9.17, 15) is 4.79 Å². The second-order valence-corrected chi connectivity index (χ2v) is 4.11. The van der Waals surface area contributed by atoms with Crippen LogP contribution in [0.5, 0.6) is 0 Å². The quantitative estimate of drug-likeness (QED) is 0.865. The van der Waals surface area contributed by atoms with Crippen molar-refractivity contribution in [2.45, 2.75) is 19.9 Å². The van der Waals surface area contributed by atoms with Crippen molar-refractivity contribution in [2.24, 2.45) is 5.73 Å². The van der Waals surface area contributed by atoms with Crippen LogP contribution in [0.2, 0.25) is 0 Å². The Kier molecular flexibility index (Phi) is 3.32. The molecule has 0 fully saturated rings. The number of nitrogens with two attached hydrogens (primary N) is 1. The average molecular weight is 245 g/mol. The average Bonchev–Trinajstić information content (AvgIpc) is 2.76. The Balaban J connectivity index is 2.07. The van der Waals surface area contributed by atoms with Crippen molar-refractivity contribution >= 4 is 11.7 Å². The highest BCUT2D eigenvalue weighted by Crippen LogP contribution is 2.19. The van der Waals surface area contributed by atoms with E-state index in [0.717, 1.165) is 11.5 Å². The van der Waals surface area contributed by atoms with Crippen molar-refractivity contribution in [1.82, 2.24) is 4.98 Å². The molecule has 0 radical (unpaired) electrons. The van der Waals surface area contributed by atoms with Gasteiger partial charge in [-0.05, 0) is 38.1 Å². The summed E-state index contributed by atoms with van der Waals surface area (Å²) in [5, 5.41) is 3.18. The van der Waals surface area contributed by atoms with Crippen LogP contribution in [0.4, 0.5) is 5.82 Å². The van der Waals surface area contributed by atoms with Crippen LogP contribution in [0.1, 0.15) is 34.8 Å². The lowest BCUT2D eigenvalue weighted by Gasteiger charge is -2.12. The summed E-state index contributed by atoms with van der Waals surface area (Å²) in [5.41, 5.74) is 5.54. The van der Waals surface area contributed by atoms with E-state index in [1.807, 2.05) is 26.0 Å².